The summed E-state index contributed by atoms with van der Waals surface area (Å²) in [6.07, 6.45) is 3.05. The van der Waals surface area contributed by atoms with E-state index >= 15 is 0 Å². The normalized spacial score (nSPS) is 16.2. The van der Waals surface area contributed by atoms with Crippen LogP contribution in [0.15, 0.2) is 42.5 Å². The lowest BCUT2D eigenvalue weighted by Gasteiger charge is -2.12. The molecule has 1 saturated heterocycles. The molecule has 6 heteroatoms. The number of rotatable bonds is 6. The Labute approximate surface area is 162 Å². The lowest BCUT2D eigenvalue weighted by atomic mass is 10.1. The van der Waals surface area contributed by atoms with E-state index in [9.17, 15) is 9.59 Å². The van der Waals surface area contributed by atoms with Gasteiger partial charge in [0.1, 0.15) is 12.4 Å². The first-order valence-electron chi connectivity index (χ1n) is 9.37. The number of ether oxygens (including phenoxy) is 2. The number of carbonyl (C=O) groups excluding carboxylic acids is 2. The fourth-order valence-corrected chi connectivity index (χ4v) is 3.43. The van der Waals surface area contributed by atoms with Crippen molar-refractivity contribution >= 4 is 28.8 Å². The maximum absolute atomic E-state index is 12.6. The van der Waals surface area contributed by atoms with Gasteiger partial charge in [-0.2, -0.15) is 0 Å². The van der Waals surface area contributed by atoms with Gasteiger partial charge in [0.2, 0.25) is 0 Å². The lowest BCUT2D eigenvalue weighted by molar-refractivity contribution is 0.0679. The Morgan fingerprint density at radius 1 is 1.29 bits per heavy atom. The number of carbonyl (C=O) groups is 2. The molecular weight excluding hydrogens is 356 g/mol. The molecule has 0 unspecified atom stereocenters. The van der Waals surface area contributed by atoms with E-state index < -0.39 is 0 Å². The Kier molecular flexibility index (Phi) is 5.12. The van der Waals surface area contributed by atoms with Crippen LogP contribution in [-0.4, -0.2) is 36.5 Å². The van der Waals surface area contributed by atoms with Crippen molar-refractivity contribution in [3.05, 3.63) is 59.3 Å². The largest absolute Gasteiger partial charge is 0.491 e. The van der Waals surface area contributed by atoms with Gasteiger partial charge in [-0.15, -0.1) is 0 Å². The summed E-state index contributed by atoms with van der Waals surface area (Å²) in [5.74, 6) is 0.526. The monoisotopic (exact) mass is 378 g/mol. The molecule has 4 rings (SSSR count). The molecule has 1 aliphatic rings. The molecule has 3 aromatic rings. The molecule has 0 aliphatic carbocycles. The summed E-state index contributed by atoms with van der Waals surface area (Å²) >= 11 is 0. The highest BCUT2D eigenvalue weighted by Gasteiger charge is 2.16. The number of nitrogens with one attached hydrogen (secondary N) is 2. The van der Waals surface area contributed by atoms with Crippen LogP contribution in [0.25, 0.3) is 10.9 Å². The summed E-state index contributed by atoms with van der Waals surface area (Å²) < 4.78 is 11.3. The number of amides is 1. The molecule has 2 heterocycles. The molecule has 1 aliphatic heterocycles. The first kappa shape index (κ1) is 18.3. The van der Waals surface area contributed by atoms with E-state index in [-0.39, 0.29) is 12.0 Å². The Balaban J connectivity index is 1.43. The summed E-state index contributed by atoms with van der Waals surface area (Å²) in [5, 5.41) is 3.85. The molecule has 1 aromatic heterocycles. The average molecular weight is 378 g/mol. The Bertz CT molecular complexity index is 1000. The summed E-state index contributed by atoms with van der Waals surface area (Å²) in [6.45, 7) is 3.25. The number of H-pyrrole nitrogens is 1. The second kappa shape index (κ2) is 7.86. The second-order valence-corrected chi connectivity index (χ2v) is 6.97. The fraction of sp³-hybridized carbons (Fsp3) is 0.273. The summed E-state index contributed by atoms with van der Waals surface area (Å²) in [5.41, 5.74) is 3.55. The highest BCUT2D eigenvalue weighted by molar-refractivity contribution is 6.06. The number of hydrogen-bond acceptors (Lipinski definition) is 4. The number of aldehydes is 1. The molecule has 144 valence electrons. The van der Waals surface area contributed by atoms with E-state index in [2.05, 4.69) is 10.3 Å². The van der Waals surface area contributed by atoms with Crippen LogP contribution < -0.4 is 10.1 Å². The number of hydrogen-bond donors (Lipinski definition) is 2. The number of aromatic nitrogens is 1. The van der Waals surface area contributed by atoms with Gasteiger partial charge in [0.15, 0.2) is 6.29 Å². The summed E-state index contributed by atoms with van der Waals surface area (Å²) in [4.78, 5) is 26.6. The molecule has 2 N–H and O–H groups in total. The number of fused-ring (bicyclic) bond motifs is 1. The van der Waals surface area contributed by atoms with Gasteiger partial charge in [-0.1, -0.05) is 0 Å². The number of aromatic amines is 1. The molecule has 0 radical (unpaired) electrons. The van der Waals surface area contributed by atoms with E-state index in [4.69, 9.17) is 9.47 Å². The third-order valence-electron chi connectivity index (χ3n) is 5.05. The van der Waals surface area contributed by atoms with Crippen molar-refractivity contribution in [1.82, 2.24) is 4.98 Å². The fourth-order valence-electron chi connectivity index (χ4n) is 3.43. The van der Waals surface area contributed by atoms with Crippen molar-refractivity contribution in [2.75, 3.05) is 18.5 Å². The molecule has 0 bridgehead atoms. The standard InChI is InChI=1S/C22H22N2O4/c1-14-19-11-16(12-25)23-21(19)9-8-20(14)24-22(26)15-4-6-17(7-5-15)28-13-18-3-2-10-27-18/h4-9,11-12,18,23H,2-3,10,13H2,1H3,(H,24,26)/t18-/m0/s1. The Morgan fingerprint density at radius 3 is 2.82 bits per heavy atom. The van der Waals surface area contributed by atoms with E-state index in [1.807, 2.05) is 19.1 Å². The van der Waals surface area contributed by atoms with Crippen LogP contribution in [-0.2, 0) is 4.74 Å². The van der Waals surface area contributed by atoms with Gasteiger partial charge in [-0.3, -0.25) is 9.59 Å². The van der Waals surface area contributed by atoms with Crippen molar-refractivity contribution in [2.24, 2.45) is 0 Å². The maximum atomic E-state index is 12.6. The van der Waals surface area contributed by atoms with Gasteiger partial charge in [0.25, 0.3) is 5.91 Å². The van der Waals surface area contributed by atoms with E-state index in [0.29, 0.717) is 23.6 Å². The van der Waals surface area contributed by atoms with Crippen molar-refractivity contribution < 1.29 is 19.1 Å². The van der Waals surface area contributed by atoms with Gasteiger partial charge >= 0.3 is 0 Å². The summed E-state index contributed by atoms with van der Waals surface area (Å²) in [7, 11) is 0. The quantitative estimate of drug-likeness (QED) is 0.633. The molecule has 1 fully saturated rings. The van der Waals surface area contributed by atoms with Crippen molar-refractivity contribution in [3.8, 4) is 5.75 Å². The van der Waals surface area contributed by atoms with Crippen LogP contribution in [0, 0.1) is 6.92 Å². The number of aryl methyl sites for hydroxylation is 1. The van der Waals surface area contributed by atoms with E-state index in [1.54, 1.807) is 30.3 Å². The third-order valence-corrected chi connectivity index (χ3v) is 5.05. The van der Waals surface area contributed by atoms with E-state index in [0.717, 1.165) is 48.0 Å². The zero-order valence-electron chi connectivity index (χ0n) is 15.7. The zero-order valence-corrected chi connectivity index (χ0v) is 15.7. The SMILES string of the molecule is Cc1c(NC(=O)c2ccc(OC[C@@H]3CCCO3)cc2)ccc2[nH]c(C=O)cc12. The minimum atomic E-state index is -0.195. The van der Waals surface area contributed by atoms with Crippen LogP contribution in [0.1, 0.15) is 39.3 Å². The molecular formula is C22H22N2O4. The Hall–Kier alpha value is -3.12. The highest BCUT2D eigenvalue weighted by atomic mass is 16.5. The van der Waals surface area contributed by atoms with Crippen molar-refractivity contribution in [3.63, 3.8) is 0 Å². The van der Waals surface area contributed by atoms with Crippen LogP contribution >= 0.6 is 0 Å². The molecule has 2 aromatic carbocycles. The van der Waals surface area contributed by atoms with Gasteiger partial charge in [-0.25, -0.2) is 0 Å². The first-order valence-corrected chi connectivity index (χ1v) is 9.37. The molecule has 28 heavy (non-hydrogen) atoms. The number of anilines is 1. The molecule has 6 nitrogen and oxygen atoms in total. The van der Waals surface area contributed by atoms with Crippen LogP contribution in [0.2, 0.25) is 0 Å². The minimum absolute atomic E-state index is 0.161. The molecule has 1 amide bonds. The topological polar surface area (TPSA) is 80.4 Å². The highest BCUT2D eigenvalue weighted by Crippen LogP contribution is 2.26. The minimum Gasteiger partial charge on any atom is -0.491 e. The smallest absolute Gasteiger partial charge is 0.255 e. The lowest BCUT2D eigenvalue weighted by Crippen LogP contribution is -2.16. The third kappa shape index (κ3) is 3.77. The summed E-state index contributed by atoms with van der Waals surface area (Å²) in [6, 6.07) is 12.6. The van der Waals surface area contributed by atoms with Crippen LogP contribution in [0.5, 0.6) is 5.75 Å². The van der Waals surface area contributed by atoms with Crippen molar-refractivity contribution in [2.45, 2.75) is 25.9 Å². The molecule has 1 atom stereocenters. The van der Waals surface area contributed by atoms with Gasteiger partial charge in [-0.05, 0) is 67.8 Å². The van der Waals surface area contributed by atoms with Crippen LogP contribution in [0.4, 0.5) is 5.69 Å². The van der Waals surface area contributed by atoms with E-state index in [1.165, 1.54) is 0 Å². The van der Waals surface area contributed by atoms with Crippen LogP contribution in [0.3, 0.4) is 0 Å². The van der Waals surface area contributed by atoms with Gasteiger partial charge < -0.3 is 19.8 Å². The zero-order chi connectivity index (χ0) is 19.5. The maximum Gasteiger partial charge on any atom is 0.255 e. The van der Waals surface area contributed by atoms with Crippen molar-refractivity contribution in [1.29, 1.82) is 0 Å². The molecule has 0 spiro atoms. The van der Waals surface area contributed by atoms with Gasteiger partial charge in [0.05, 0.1) is 11.8 Å². The predicted octanol–water partition coefficient (Wildman–Crippen LogP) is 4.10. The predicted molar refractivity (Wildman–Crippen MR) is 107 cm³/mol. The second-order valence-electron chi connectivity index (χ2n) is 6.97. The molecule has 0 saturated carbocycles. The number of benzene rings is 2. The Morgan fingerprint density at radius 2 is 2.11 bits per heavy atom. The first-order chi connectivity index (χ1) is 13.6. The van der Waals surface area contributed by atoms with Gasteiger partial charge in [0, 0.05) is 28.8 Å². The average Bonchev–Trinajstić information content (AvgIpc) is 3.38.